The number of hydrogen-bond acceptors (Lipinski definition) is 4. The molecule has 6 heteroatoms. The molecule has 1 aliphatic heterocycles. The van der Waals surface area contributed by atoms with Gasteiger partial charge in [0.25, 0.3) is 0 Å². The van der Waals surface area contributed by atoms with E-state index in [0.29, 0.717) is 5.11 Å². The largest absolute Gasteiger partial charge is 0.328 e. The molecule has 4 nitrogen and oxygen atoms in total. The van der Waals surface area contributed by atoms with Crippen molar-refractivity contribution < 1.29 is 0 Å². The van der Waals surface area contributed by atoms with Crippen LogP contribution in [0.25, 0.3) is 0 Å². The Morgan fingerprint density at radius 2 is 1.56 bits per heavy atom. The molecule has 1 heterocycles. The first-order valence-corrected chi connectivity index (χ1v) is 11.7. The highest BCUT2D eigenvalue weighted by atomic mass is 32.1. The van der Waals surface area contributed by atoms with Crippen LogP contribution in [0.1, 0.15) is 96.8 Å². The van der Waals surface area contributed by atoms with Gasteiger partial charge in [0.2, 0.25) is 0 Å². The third-order valence-corrected chi connectivity index (χ3v) is 5.57. The molecular weight excluding hydrogens is 372 g/mol. The van der Waals surface area contributed by atoms with Crippen molar-refractivity contribution in [2.75, 3.05) is 6.54 Å². The molecule has 1 atom stereocenters. The van der Waals surface area contributed by atoms with E-state index in [9.17, 15) is 0 Å². The van der Waals surface area contributed by atoms with Crippen LogP contribution in [0.15, 0.2) is 17.1 Å². The minimum atomic E-state index is -0.107. The topological polar surface area (TPSA) is 39.7 Å². The maximum atomic E-state index is 5.13. The average molecular weight is 413 g/mol. The van der Waals surface area contributed by atoms with Crippen molar-refractivity contribution in [3.63, 3.8) is 0 Å². The van der Waals surface area contributed by atoms with Crippen molar-refractivity contribution in [1.29, 1.82) is 0 Å². The van der Waals surface area contributed by atoms with Gasteiger partial charge in [-0.25, -0.2) is 4.99 Å². The fourth-order valence-electron chi connectivity index (χ4n) is 3.12. The fourth-order valence-corrected chi connectivity index (χ4v) is 3.39. The SMILES string of the molecule is CCCCCCCC/C=C\CCCCCCCCNC1N=CN(S)C(=S)N1. The summed E-state index contributed by atoms with van der Waals surface area (Å²) in [5.41, 5.74) is 0. The summed E-state index contributed by atoms with van der Waals surface area (Å²) in [5.74, 6) is 0. The lowest BCUT2D eigenvalue weighted by Crippen LogP contribution is -2.51. The Morgan fingerprint density at radius 1 is 1.00 bits per heavy atom. The number of unbranched alkanes of at least 4 members (excludes halogenated alkanes) is 12. The van der Waals surface area contributed by atoms with Crippen LogP contribution in [0, 0.1) is 0 Å². The molecule has 0 radical (unpaired) electrons. The summed E-state index contributed by atoms with van der Waals surface area (Å²) >= 11 is 9.28. The van der Waals surface area contributed by atoms with E-state index in [1.54, 1.807) is 6.34 Å². The molecule has 27 heavy (non-hydrogen) atoms. The first-order valence-electron chi connectivity index (χ1n) is 10.9. The molecule has 0 saturated heterocycles. The second-order valence-electron chi connectivity index (χ2n) is 7.35. The Balaban J connectivity index is 1.78. The van der Waals surface area contributed by atoms with Gasteiger partial charge in [0, 0.05) is 0 Å². The van der Waals surface area contributed by atoms with Crippen molar-refractivity contribution in [1.82, 2.24) is 14.9 Å². The number of rotatable bonds is 17. The maximum Gasteiger partial charge on any atom is 0.187 e. The van der Waals surface area contributed by atoms with Crippen molar-refractivity contribution in [2.24, 2.45) is 4.99 Å². The summed E-state index contributed by atoms with van der Waals surface area (Å²) in [4.78, 5) is 4.28. The minimum absolute atomic E-state index is 0.107. The molecule has 0 spiro atoms. The molecule has 1 aliphatic rings. The summed E-state index contributed by atoms with van der Waals surface area (Å²) < 4.78 is 1.51. The highest BCUT2D eigenvalue weighted by Gasteiger charge is 2.14. The maximum absolute atomic E-state index is 5.13. The molecular formula is C21H40N4S2. The smallest absolute Gasteiger partial charge is 0.187 e. The number of nitrogens with zero attached hydrogens (tertiary/aromatic N) is 2. The Labute approximate surface area is 178 Å². The fraction of sp³-hybridized carbons (Fsp3) is 0.810. The number of thiocarbonyl (C=S) groups is 1. The molecule has 1 unspecified atom stereocenters. The van der Waals surface area contributed by atoms with Crippen LogP contribution >= 0.6 is 25.0 Å². The van der Waals surface area contributed by atoms with E-state index in [0.717, 1.165) is 6.54 Å². The number of allylic oxidation sites excluding steroid dienone is 2. The van der Waals surface area contributed by atoms with Crippen LogP contribution in [0.4, 0.5) is 0 Å². The first kappa shape index (κ1) is 24.4. The van der Waals surface area contributed by atoms with E-state index in [2.05, 4.69) is 47.5 Å². The zero-order valence-electron chi connectivity index (χ0n) is 17.2. The molecule has 0 aromatic carbocycles. The van der Waals surface area contributed by atoms with Gasteiger partial charge >= 0.3 is 0 Å². The number of thiol groups is 1. The number of nitrogens with one attached hydrogen (secondary N) is 2. The molecule has 0 aromatic heterocycles. The van der Waals surface area contributed by atoms with E-state index < -0.39 is 0 Å². The summed E-state index contributed by atoms with van der Waals surface area (Å²) in [7, 11) is 0. The molecule has 0 bridgehead atoms. The van der Waals surface area contributed by atoms with Gasteiger partial charge in [-0.05, 0) is 50.9 Å². The normalized spacial score (nSPS) is 17.0. The van der Waals surface area contributed by atoms with Crippen LogP contribution in [0.2, 0.25) is 0 Å². The highest BCUT2D eigenvalue weighted by molar-refractivity contribution is 7.84. The second-order valence-corrected chi connectivity index (χ2v) is 8.17. The van der Waals surface area contributed by atoms with Crippen molar-refractivity contribution in [3.05, 3.63) is 12.2 Å². The third kappa shape index (κ3) is 14.1. The summed E-state index contributed by atoms with van der Waals surface area (Å²) in [6, 6.07) is 0. The molecule has 2 N–H and O–H groups in total. The zero-order valence-corrected chi connectivity index (χ0v) is 18.9. The van der Waals surface area contributed by atoms with E-state index in [-0.39, 0.29) is 6.29 Å². The quantitative estimate of drug-likeness (QED) is 0.119. The lowest BCUT2D eigenvalue weighted by Gasteiger charge is -2.25. The van der Waals surface area contributed by atoms with Gasteiger partial charge in [0.05, 0.1) is 0 Å². The molecule has 0 fully saturated rings. The van der Waals surface area contributed by atoms with E-state index in [1.807, 2.05) is 0 Å². The Kier molecular flexibility index (Phi) is 15.8. The summed E-state index contributed by atoms with van der Waals surface area (Å²) in [6.07, 6.45) is 25.0. The second kappa shape index (κ2) is 17.5. The van der Waals surface area contributed by atoms with Gasteiger partial charge in [0.1, 0.15) is 6.34 Å². The summed E-state index contributed by atoms with van der Waals surface area (Å²) in [6.45, 7) is 3.24. The molecule has 156 valence electrons. The van der Waals surface area contributed by atoms with Gasteiger partial charge < -0.3 is 5.32 Å². The Morgan fingerprint density at radius 3 is 2.15 bits per heavy atom. The molecule has 0 aliphatic carbocycles. The minimum Gasteiger partial charge on any atom is -0.328 e. The van der Waals surface area contributed by atoms with Gasteiger partial charge in [0.15, 0.2) is 11.4 Å². The summed E-state index contributed by atoms with van der Waals surface area (Å²) in [5, 5.41) is 7.03. The van der Waals surface area contributed by atoms with Gasteiger partial charge in [-0.3, -0.25) is 9.62 Å². The van der Waals surface area contributed by atoms with E-state index >= 15 is 0 Å². The standard InChI is InChI=1S/C21H40N4S2/c1-2-3-4-5-6-7-8-9-10-11-12-13-14-15-16-17-18-22-20-23-19-25(27)21(26)24-20/h9-10,19-20,22,27H,2-8,11-18H2,1H3,(H,24,26)/b10-9-. The third-order valence-electron chi connectivity index (χ3n) is 4.82. The zero-order chi connectivity index (χ0) is 19.6. The molecule has 1 rings (SSSR count). The van der Waals surface area contributed by atoms with Crippen LogP contribution in [0.5, 0.6) is 0 Å². The highest BCUT2D eigenvalue weighted by Crippen LogP contribution is 2.10. The Bertz CT molecular complexity index is 426. The predicted molar refractivity (Wildman–Crippen MR) is 126 cm³/mol. The predicted octanol–water partition coefficient (Wildman–Crippen LogP) is 5.96. The number of hydrogen-bond donors (Lipinski definition) is 3. The van der Waals surface area contributed by atoms with Gasteiger partial charge in [-0.15, -0.1) is 0 Å². The lowest BCUT2D eigenvalue weighted by atomic mass is 10.1. The van der Waals surface area contributed by atoms with Crippen LogP contribution in [0.3, 0.4) is 0 Å². The monoisotopic (exact) mass is 412 g/mol. The lowest BCUT2D eigenvalue weighted by molar-refractivity contribution is 0.469. The first-order chi connectivity index (χ1) is 13.2. The molecule has 0 saturated carbocycles. The Hall–Kier alpha value is -0.590. The molecule has 0 aromatic rings. The van der Waals surface area contributed by atoms with Crippen molar-refractivity contribution in [2.45, 2.75) is 103 Å². The van der Waals surface area contributed by atoms with E-state index in [1.165, 1.54) is 94.2 Å². The van der Waals surface area contributed by atoms with Gasteiger partial charge in [-0.2, -0.15) is 0 Å². The average Bonchev–Trinajstić information content (AvgIpc) is 2.67. The van der Waals surface area contributed by atoms with Crippen LogP contribution < -0.4 is 10.6 Å². The van der Waals surface area contributed by atoms with Crippen LogP contribution in [-0.4, -0.2) is 28.6 Å². The van der Waals surface area contributed by atoms with Gasteiger partial charge in [-0.1, -0.05) is 89.7 Å². The number of aliphatic imine (C=N–C) groups is 1. The molecule has 0 amide bonds. The van der Waals surface area contributed by atoms with Crippen molar-refractivity contribution >= 4 is 36.5 Å². The van der Waals surface area contributed by atoms with E-state index in [4.69, 9.17) is 12.2 Å². The van der Waals surface area contributed by atoms with Crippen LogP contribution in [-0.2, 0) is 0 Å². The van der Waals surface area contributed by atoms with Crippen molar-refractivity contribution in [3.8, 4) is 0 Å².